The summed E-state index contributed by atoms with van der Waals surface area (Å²) in [5.41, 5.74) is 11.1. The Morgan fingerprint density at radius 3 is 2.75 bits per heavy atom. The SMILES string of the molecule is Cc1cc(N)ccc1SCc1ccc(C(=O)NN)cn1. The van der Waals surface area contributed by atoms with Crippen LogP contribution in [0, 0.1) is 6.92 Å². The van der Waals surface area contributed by atoms with Crippen LogP contribution in [0.15, 0.2) is 41.4 Å². The summed E-state index contributed by atoms with van der Waals surface area (Å²) in [4.78, 5) is 16.7. The number of hydrazine groups is 1. The minimum Gasteiger partial charge on any atom is -0.399 e. The third kappa shape index (κ3) is 3.49. The van der Waals surface area contributed by atoms with Crippen LogP contribution in [0.3, 0.4) is 0 Å². The number of aromatic nitrogens is 1. The van der Waals surface area contributed by atoms with E-state index in [0.717, 1.165) is 22.7 Å². The van der Waals surface area contributed by atoms with Gasteiger partial charge < -0.3 is 5.73 Å². The van der Waals surface area contributed by atoms with Gasteiger partial charge >= 0.3 is 0 Å². The standard InChI is InChI=1S/C14H16N4OS/c1-9-6-11(15)3-5-13(9)20-8-12-4-2-10(7-17-12)14(19)18-16/h2-7H,8,15-16H2,1H3,(H,18,19). The average Bonchev–Trinajstić information content (AvgIpc) is 2.46. The summed E-state index contributed by atoms with van der Waals surface area (Å²) in [6.45, 7) is 2.03. The predicted octanol–water partition coefficient (Wildman–Crippen LogP) is 1.87. The van der Waals surface area contributed by atoms with Gasteiger partial charge in [0.05, 0.1) is 11.3 Å². The molecule has 2 aromatic rings. The van der Waals surface area contributed by atoms with Gasteiger partial charge in [-0.2, -0.15) is 0 Å². The number of amides is 1. The van der Waals surface area contributed by atoms with Crippen LogP contribution in [0.4, 0.5) is 5.69 Å². The minimum atomic E-state index is -0.342. The number of nitrogens with two attached hydrogens (primary N) is 2. The third-order valence-corrected chi connectivity index (χ3v) is 4.00. The summed E-state index contributed by atoms with van der Waals surface area (Å²) in [5.74, 6) is 5.45. The van der Waals surface area contributed by atoms with Gasteiger partial charge in [0.15, 0.2) is 0 Å². The molecule has 1 aromatic carbocycles. The van der Waals surface area contributed by atoms with E-state index in [1.165, 1.54) is 11.1 Å². The van der Waals surface area contributed by atoms with E-state index in [2.05, 4.69) is 10.4 Å². The molecule has 0 aliphatic rings. The Kier molecular flexibility index (Phi) is 4.60. The van der Waals surface area contributed by atoms with Gasteiger partial charge in [-0.25, -0.2) is 5.84 Å². The van der Waals surface area contributed by atoms with Crippen molar-refractivity contribution < 1.29 is 4.79 Å². The lowest BCUT2D eigenvalue weighted by Crippen LogP contribution is -2.30. The molecule has 5 N–H and O–H groups in total. The van der Waals surface area contributed by atoms with Crippen LogP contribution in [0.2, 0.25) is 0 Å². The Hall–Kier alpha value is -2.05. The van der Waals surface area contributed by atoms with E-state index in [-0.39, 0.29) is 5.91 Å². The molecular formula is C14H16N4OS. The van der Waals surface area contributed by atoms with Crippen molar-refractivity contribution >= 4 is 23.4 Å². The molecule has 0 saturated carbocycles. The van der Waals surface area contributed by atoms with Crippen molar-refractivity contribution in [2.75, 3.05) is 5.73 Å². The fourth-order valence-corrected chi connectivity index (χ4v) is 2.64. The second kappa shape index (κ2) is 6.40. The molecular weight excluding hydrogens is 272 g/mol. The van der Waals surface area contributed by atoms with Crippen molar-refractivity contribution in [1.29, 1.82) is 0 Å². The number of nitrogens with one attached hydrogen (secondary N) is 1. The predicted molar refractivity (Wildman–Crippen MR) is 81.0 cm³/mol. The second-order valence-electron chi connectivity index (χ2n) is 4.33. The molecule has 0 unspecified atom stereocenters. The Morgan fingerprint density at radius 1 is 1.35 bits per heavy atom. The Bertz CT molecular complexity index is 613. The summed E-state index contributed by atoms with van der Waals surface area (Å²) in [7, 11) is 0. The fourth-order valence-electron chi connectivity index (χ4n) is 1.71. The van der Waals surface area contributed by atoms with E-state index in [1.807, 2.05) is 31.2 Å². The van der Waals surface area contributed by atoms with Crippen molar-refractivity contribution in [2.24, 2.45) is 5.84 Å². The quantitative estimate of drug-likeness (QED) is 0.262. The van der Waals surface area contributed by atoms with Crippen LogP contribution in [-0.2, 0) is 5.75 Å². The van der Waals surface area contributed by atoms with E-state index in [9.17, 15) is 4.79 Å². The zero-order chi connectivity index (χ0) is 14.5. The van der Waals surface area contributed by atoms with E-state index >= 15 is 0 Å². The molecule has 1 heterocycles. The number of thioether (sulfide) groups is 1. The molecule has 1 aromatic heterocycles. The van der Waals surface area contributed by atoms with Gasteiger partial charge in [0.2, 0.25) is 0 Å². The van der Waals surface area contributed by atoms with Crippen molar-refractivity contribution in [3.05, 3.63) is 53.3 Å². The Morgan fingerprint density at radius 2 is 2.15 bits per heavy atom. The molecule has 1 amide bonds. The maximum Gasteiger partial charge on any atom is 0.266 e. The number of carbonyl (C=O) groups excluding carboxylic acids is 1. The van der Waals surface area contributed by atoms with Crippen molar-refractivity contribution in [3.8, 4) is 0 Å². The van der Waals surface area contributed by atoms with Crippen LogP contribution >= 0.6 is 11.8 Å². The van der Waals surface area contributed by atoms with E-state index in [4.69, 9.17) is 11.6 Å². The van der Waals surface area contributed by atoms with Gasteiger partial charge in [-0.05, 0) is 42.8 Å². The number of aryl methyl sites for hydroxylation is 1. The number of nitrogens with zero attached hydrogens (tertiary/aromatic N) is 1. The zero-order valence-electron chi connectivity index (χ0n) is 11.1. The van der Waals surface area contributed by atoms with Gasteiger partial charge in [-0.3, -0.25) is 15.2 Å². The van der Waals surface area contributed by atoms with Gasteiger partial charge in [0.1, 0.15) is 0 Å². The topological polar surface area (TPSA) is 94.0 Å². The van der Waals surface area contributed by atoms with Crippen LogP contribution < -0.4 is 17.0 Å². The Balaban J connectivity index is 2.02. The molecule has 0 radical (unpaired) electrons. The number of pyridine rings is 1. The molecule has 0 fully saturated rings. The summed E-state index contributed by atoms with van der Waals surface area (Å²) in [6.07, 6.45) is 1.52. The van der Waals surface area contributed by atoms with Crippen LogP contribution in [0.5, 0.6) is 0 Å². The summed E-state index contributed by atoms with van der Waals surface area (Å²) in [6, 6.07) is 9.37. The molecule has 20 heavy (non-hydrogen) atoms. The highest BCUT2D eigenvalue weighted by molar-refractivity contribution is 7.98. The van der Waals surface area contributed by atoms with Crippen LogP contribution in [0.1, 0.15) is 21.6 Å². The first-order chi connectivity index (χ1) is 9.60. The van der Waals surface area contributed by atoms with Crippen LogP contribution in [0.25, 0.3) is 0 Å². The molecule has 104 valence electrons. The third-order valence-electron chi connectivity index (χ3n) is 2.79. The smallest absolute Gasteiger partial charge is 0.266 e. The Labute approximate surface area is 121 Å². The van der Waals surface area contributed by atoms with Gasteiger partial charge in [0, 0.05) is 22.5 Å². The lowest BCUT2D eigenvalue weighted by atomic mass is 10.2. The number of benzene rings is 1. The van der Waals surface area contributed by atoms with Crippen molar-refractivity contribution in [2.45, 2.75) is 17.6 Å². The normalized spacial score (nSPS) is 10.3. The highest BCUT2D eigenvalue weighted by atomic mass is 32.2. The van der Waals surface area contributed by atoms with Gasteiger partial charge in [-0.15, -0.1) is 11.8 Å². The first-order valence-electron chi connectivity index (χ1n) is 6.05. The second-order valence-corrected chi connectivity index (χ2v) is 5.34. The number of carbonyl (C=O) groups is 1. The lowest BCUT2D eigenvalue weighted by Gasteiger charge is -2.06. The largest absolute Gasteiger partial charge is 0.399 e. The molecule has 0 saturated heterocycles. The maximum absolute atomic E-state index is 11.3. The summed E-state index contributed by atoms with van der Waals surface area (Å²) >= 11 is 1.69. The molecule has 0 aliphatic carbocycles. The molecule has 2 rings (SSSR count). The number of anilines is 1. The number of nitrogen functional groups attached to an aromatic ring is 2. The highest BCUT2D eigenvalue weighted by Crippen LogP contribution is 2.26. The van der Waals surface area contributed by atoms with E-state index in [1.54, 1.807) is 17.8 Å². The highest BCUT2D eigenvalue weighted by Gasteiger charge is 2.05. The van der Waals surface area contributed by atoms with Crippen molar-refractivity contribution in [1.82, 2.24) is 10.4 Å². The molecule has 5 nitrogen and oxygen atoms in total. The molecule has 0 spiro atoms. The van der Waals surface area contributed by atoms with E-state index in [0.29, 0.717) is 5.56 Å². The first kappa shape index (κ1) is 14.4. The average molecular weight is 288 g/mol. The number of hydrogen-bond donors (Lipinski definition) is 3. The molecule has 6 heteroatoms. The number of rotatable bonds is 4. The van der Waals surface area contributed by atoms with E-state index < -0.39 is 0 Å². The molecule has 0 bridgehead atoms. The summed E-state index contributed by atoms with van der Waals surface area (Å²) < 4.78 is 0. The van der Waals surface area contributed by atoms with Gasteiger partial charge in [-0.1, -0.05) is 0 Å². The lowest BCUT2D eigenvalue weighted by molar-refractivity contribution is 0.0953. The zero-order valence-corrected chi connectivity index (χ0v) is 11.9. The van der Waals surface area contributed by atoms with Gasteiger partial charge in [0.25, 0.3) is 5.91 Å². The van der Waals surface area contributed by atoms with Crippen LogP contribution in [-0.4, -0.2) is 10.9 Å². The molecule has 0 atom stereocenters. The minimum absolute atomic E-state index is 0.342. The van der Waals surface area contributed by atoms with Crippen molar-refractivity contribution in [3.63, 3.8) is 0 Å². The fraction of sp³-hybridized carbons (Fsp3) is 0.143. The number of hydrogen-bond acceptors (Lipinski definition) is 5. The molecule has 0 aliphatic heterocycles. The first-order valence-corrected chi connectivity index (χ1v) is 7.03. The monoisotopic (exact) mass is 288 g/mol. The summed E-state index contributed by atoms with van der Waals surface area (Å²) in [5, 5.41) is 0. The maximum atomic E-state index is 11.3.